The third-order valence-electron chi connectivity index (χ3n) is 3.85. The molecule has 4 nitrogen and oxygen atoms in total. The fraction of sp³-hybridized carbons (Fsp3) is 0.412. The van der Waals surface area contributed by atoms with Crippen LogP contribution in [0.15, 0.2) is 36.4 Å². The van der Waals surface area contributed by atoms with Gasteiger partial charge in [-0.15, -0.1) is 0 Å². The summed E-state index contributed by atoms with van der Waals surface area (Å²) in [5, 5.41) is 3.31. The van der Waals surface area contributed by atoms with Crippen LogP contribution in [0.4, 0.5) is 11.6 Å². The quantitative estimate of drug-likeness (QED) is 0.933. The Morgan fingerprint density at radius 3 is 2.71 bits per heavy atom. The normalized spacial score (nSPS) is 18.0. The van der Waals surface area contributed by atoms with E-state index in [1.807, 2.05) is 18.2 Å². The number of aromatic nitrogens is 2. The summed E-state index contributed by atoms with van der Waals surface area (Å²) in [6.07, 6.45) is 1.24. The number of nitrogens with one attached hydrogen (secondary N) is 1. The molecule has 2 heterocycles. The Balaban J connectivity index is 1.98. The van der Waals surface area contributed by atoms with E-state index in [2.05, 4.69) is 47.2 Å². The lowest BCUT2D eigenvalue weighted by molar-refractivity contribution is 0.659. The van der Waals surface area contributed by atoms with Crippen molar-refractivity contribution in [1.82, 2.24) is 9.97 Å². The first-order valence-electron chi connectivity index (χ1n) is 7.69. The Labute approximate surface area is 126 Å². The summed E-state index contributed by atoms with van der Waals surface area (Å²) in [6.45, 7) is 7.41. The second-order valence-corrected chi connectivity index (χ2v) is 5.67. The van der Waals surface area contributed by atoms with Crippen molar-refractivity contribution in [3.63, 3.8) is 0 Å². The van der Waals surface area contributed by atoms with E-state index in [0.29, 0.717) is 0 Å². The number of hydrogen-bond donors (Lipinski definition) is 1. The molecule has 0 bridgehead atoms. The zero-order valence-corrected chi connectivity index (χ0v) is 12.7. The lowest BCUT2D eigenvalue weighted by Gasteiger charge is -2.19. The molecule has 1 aliphatic rings. The Morgan fingerprint density at radius 1 is 1.24 bits per heavy atom. The third-order valence-corrected chi connectivity index (χ3v) is 3.85. The van der Waals surface area contributed by atoms with Crippen molar-refractivity contribution in [3.8, 4) is 11.4 Å². The summed E-state index contributed by atoms with van der Waals surface area (Å²) >= 11 is 0. The number of rotatable bonds is 4. The molecular formula is C17H22N4. The molecule has 21 heavy (non-hydrogen) atoms. The van der Waals surface area contributed by atoms with Crippen LogP contribution >= 0.6 is 0 Å². The monoisotopic (exact) mass is 282 g/mol. The van der Waals surface area contributed by atoms with Gasteiger partial charge in [0.2, 0.25) is 0 Å². The summed E-state index contributed by atoms with van der Waals surface area (Å²) in [6, 6.07) is 12.2. The highest BCUT2D eigenvalue weighted by Crippen LogP contribution is 2.26. The fourth-order valence-corrected chi connectivity index (χ4v) is 2.73. The summed E-state index contributed by atoms with van der Waals surface area (Å²) in [5.74, 6) is 3.47. The lowest BCUT2D eigenvalue weighted by Crippen LogP contribution is -2.21. The minimum atomic E-state index is 0.739. The molecule has 1 aromatic heterocycles. The Bertz CT molecular complexity index is 597. The minimum Gasteiger partial charge on any atom is -0.370 e. The molecule has 110 valence electrons. The summed E-state index contributed by atoms with van der Waals surface area (Å²) in [5.41, 5.74) is 1.06. The van der Waals surface area contributed by atoms with E-state index in [-0.39, 0.29) is 0 Å². The molecule has 0 amide bonds. The first-order chi connectivity index (χ1) is 10.3. The summed E-state index contributed by atoms with van der Waals surface area (Å²) in [7, 11) is 0. The highest BCUT2D eigenvalue weighted by Gasteiger charge is 2.21. The summed E-state index contributed by atoms with van der Waals surface area (Å²) in [4.78, 5) is 11.8. The molecule has 1 saturated heterocycles. The van der Waals surface area contributed by atoms with Crippen molar-refractivity contribution in [2.45, 2.75) is 20.3 Å². The van der Waals surface area contributed by atoms with Crippen molar-refractivity contribution in [1.29, 1.82) is 0 Å². The van der Waals surface area contributed by atoms with Crippen LogP contribution in [0.5, 0.6) is 0 Å². The van der Waals surface area contributed by atoms with Gasteiger partial charge in [0.15, 0.2) is 5.82 Å². The Kier molecular flexibility index (Phi) is 4.04. The van der Waals surface area contributed by atoms with Crippen LogP contribution in [0.25, 0.3) is 11.4 Å². The van der Waals surface area contributed by atoms with Crippen LogP contribution in [0, 0.1) is 5.92 Å². The maximum atomic E-state index is 4.78. The highest BCUT2D eigenvalue weighted by atomic mass is 15.2. The van der Waals surface area contributed by atoms with E-state index in [1.54, 1.807) is 0 Å². The number of benzene rings is 1. The van der Waals surface area contributed by atoms with Gasteiger partial charge in [-0.25, -0.2) is 9.97 Å². The van der Waals surface area contributed by atoms with E-state index in [0.717, 1.165) is 48.6 Å². The van der Waals surface area contributed by atoms with Gasteiger partial charge < -0.3 is 10.2 Å². The molecule has 0 radical (unpaired) electrons. The molecule has 3 rings (SSSR count). The van der Waals surface area contributed by atoms with Gasteiger partial charge in [0, 0.05) is 31.3 Å². The highest BCUT2D eigenvalue weighted by molar-refractivity contribution is 5.61. The van der Waals surface area contributed by atoms with Crippen LogP contribution in [0.1, 0.15) is 20.3 Å². The van der Waals surface area contributed by atoms with Gasteiger partial charge in [-0.05, 0) is 19.3 Å². The zero-order chi connectivity index (χ0) is 14.7. The SMILES string of the molecule is CCNc1cc(N2CCC(C)C2)nc(-c2ccccc2)n1. The molecule has 1 unspecified atom stereocenters. The van der Waals surface area contributed by atoms with Gasteiger partial charge in [0.05, 0.1) is 0 Å². The molecule has 2 aromatic rings. The van der Waals surface area contributed by atoms with Gasteiger partial charge >= 0.3 is 0 Å². The standard InChI is InChI=1S/C17H22N4/c1-3-18-15-11-16(21-10-9-13(2)12-21)20-17(19-15)14-7-5-4-6-8-14/h4-8,11,13H,3,9-10,12H2,1-2H3,(H,18,19,20). The van der Waals surface area contributed by atoms with E-state index in [1.165, 1.54) is 6.42 Å². The van der Waals surface area contributed by atoms with Crippen LogP contribution in [-0.4, -0.2) is 29.6 Å². The second-order valence-electron chi connectivity index (χ2n) is 5.67. The minimum absolute atomic E-state index is 0.739. The Hall–Kier alpha value is -2.10. The Morgan fingerprint density at radius 2 is 2.05 bits per heavy atom. The number of hydrogen-bond acceptors (Lipinski definition) is 4. The van der Waals surface area contributed by atoms with Crippen LogP contribution in [-0.2, 0) is 0 Å². The predicted octanol–water partition coefficient (Wildman–Crippen LogP) is 3.42. The molecule has 0 aliphatic carbocycles. The van der Waals surface area contributed by atoms with Crippen LogP contribution < -0.4 is 10.2 Å². The average molecular weight is 282 g/mol. The topological polar surface area (TPSA) is 41.0 Å². The molecule has 1 aromatic carbocycles. The average Bonchev–Trinajstić information content (AvgIpc) is 2.95. The van der Waals surface area contributed by atoms with E-state index in [9.17, 15) is 0 Å². The molecule has 0 spiro atoms. The number of anilines is 2. The maximum Gasteiger partial charge on any atom is 0.163 e. The van der Waals surface area contributed by atoms with Gasteiger partial charge in [0.1, 0.15) is 11.6 Å². The first kappa shape index (κ1) is 13.9. The lowest BCUT2D eigenvalue weighted by atomic mass is 10.2. The van der Waals surface area contributed by atoms with Crippen molar-refractivity contribution in [2.24, 2.45) is 5.92 Å². The zero-order valence-electron chi connectivity index (χ0n) is 12.7. The van der Waals surface area contributed by atoms with Crippen LogP contribution in [0.2, 0.25) is 0 Å². The molecule has 0 saturated carbocycles. The molecule has 1 N–H and O–H groups in total. The second kappa shape index (κ2) is 6.12. The largest absolute Gasteiger partial charge is 0.370 e. The number of nitrogens with zero attached hydrogens (tertiary/aromatic N) is 3. The van der Waals surface area contributed by atoms with Crippen molar-refractivity contribution >= 4 is 11.6 Å². The van der Waals surface area contributed by atoms with E-state index < -0.39 is 0 Å². The summed E-state index contributed by atoms with van der Waals surface area (Å²) < 4.78 is 0. The molecular weight excluding hydrogens is 260 g/mol. The molecule has 1 fully saturated rings. The molecule has 4 heteroatoms. The van der Waals surface area contributed by atoms with Crippen molar-refractivity contribution in [3.05, 3.63) is 36.4 Å². The predicted molar refractivity (Wildman–Crippen MR) is 87.6 cm³/mol. The third kappa shape index (κ3) is 3.15. The van der Waals surface area contributed by atoms with Gasteiger partial charge in [0.25, 0.3) is 0 Å². The fourth-order valence-electron chi connectivity index (χ4n) is 2.73. The smallest absolute Gasteiger partial charge is 0.163 e. The van der Waals surface area contributed by atoms with Crippen molar-refractivity contribution < 1.29 is 0 Å². The van der Waals surface area contributed by atoms with E-state index in [4.69, 9.17) is 4.98 Å². The first-order valence-corrected chi connectivity index (χ1v) is 7.69. The van der Waals surface area contributed by atoms with Gasteiger partial charge in [-0.2, -0.15) is 0 Å². The van der Waals surface area contributed by atoms with Crippen molar-refractivity contribution in [2.75, 3.05) is 29.9 Å². The molecule has 1 aliphatic heterocycles. The van der Waals surface area contributed by atoms with E-state index >= 15 is 0 Å². The van der Waals surface area contributed by atoms with Gasteiger partial charge in [-0.3, -0.25) is 0 Å². The van der Waals surface area contributed by atoms with Gasteiger partial charge in [-0.1, -0.05) is 37.3 Å². The van der Waals surface area contributed by atoms with Crippen LogP contribution in [0.3, 0.4) is 0 Å². The maximum absolute atomic E-state index is 4.78. The molecule has 1 atom stereocenters.